The number of nitrogens with one attached hydrogen (secondary N) is 2. The van der Waals surface area contributed by atoms with E-state index in [2.05, 4.69) is 15.5 Å². The van der Waals surface area contributed by atoms with Crippen LogP contribution in [0.4, 0.5) is 10.8 Å². The normalized spacial score (nSPS) is 11.5. The van der Waals surface area contributed by atoms with E-state index in [-0.39, 0.29) is 17.2 Å². The van der Waals surface area contributed by atoms with Crippen LogP contribution in [0.2, 0.25) is 5.02 Å². The summed E-state index contributed by atoms with van der Waals surface area (Å²) in [5, 5.41) is 28.6. The molecule has 0 saturated carbocycles. The van der Waals surface area contributed by atoms with E-state index in [0.29, 0.717) is 14.5 Å². The summed E-state index contributed by atoms with van der Waals surface area (Å²) in [6, 6.07) is 9.05. The monoisotopic (exact) mass is 365 g/mol. The van der Waals surface area contributed by atoms with Gasteiger partial charge in [-0.25, -0.2) is 0 Å². The summed E-state index contributed by atoms with van der Waals surface area (Å²) < 4.78 is 0.613. The zero-order valence-electron chi connectivity index (χ0n) is 12.0. The lowest BCUT2D eigenvalue weighted by atomic mass is 10.0. The van der Waals surface area contributed by atoms with Crippen LogP contribution in [0.5, 0.6) is 0 Å². The molecule has 0 amide bonds. The summed E-state index contributed by atoms with van der Waals surface area (Å²) in [4.78, 5) is 11.9. The highest BCUT2D eigenvalue weighted by atomic mass is 35.5. The molecule has 0 spiro atoms. The largest absolute Gasteiger partial charge is 0.330 e. The van der Waals surface area contributed by atoms with Crippen LogP contribution in [-0.2, 0) is 4.79 Å². The highest BCUT2D eigenvalue weighted by Gasteiger charge is 2.20. The van der Waals surface area contributed by atoms with E-state index >= 15 is 0 Å². The molecule has 2 N–H and O–H groups in total. The number of benzene rings is 1. The molecule has 2 rings (SSSR count). The molecule has 23 heavy (non-hydrogen) atoms. The number of hydrogen-bond donors (Lipinski definition) is 2. The van der Waals surface area contributed by atoms with Crippen molar-refractivity contribution in [1.82, 2.24) is 10.2 Å². The molecule has 9 heteroatoms. The van der Waals surface area contributed by atoms with Crippen LogP contribution in [0.15, 0.2) is 28.6 Å². The molecule has 0 aliphatic carbocycles. The van der Waals surface area contributed by atoms with Gasteiger partial charge in [0, 0.05) is 16.4 Å². The standard InChI is InChI=1S/C14H12ClN5OS2/c1-8(17)11(6-16)12(21)7-22-14-20-19-13(23-14)18-10-4-2-3-9(15)5-10/h2-5,11,17H,7H2,1H3,(H,18,19). The molecule has 6 nitrogen and oxygen atoms in total. The molecule has 1 heterocycles. The lowest BCUT2D eigenvalue weighted by molar-refractivity contribution is -0.117. The first-order valence-corrected chi connectivity index (χ1v) is 8.64. The molecule has 1 unspecified atom stereocenters. The molecular weight excluding hydrogens is 354 g/mol. The number of aromatic nitrogens is 2. The minimum absolute atomic E-state index is 0.0543. The Labute approximate surface area is 146 Å². The van der Waals surface area contributed by atoms with Gasteiger partial charge in [0.25, 0.3) is 0 Å². The Balaban J connectivity index is 1.94. The fourth-order valence-electron chi connectivity index (χ4n) is 1.63. The summed E-state index contributed by atoms with van der Waals surface area (Å²) in [5.41, 5.74) is 0.851. The lowest BCUT2D eigenvalue weighted by Gasteiger charge is -2.04. The molecule has 1 aromatic carbocycles. The number of anilines is 2. The van der Waals surface area contributed by atoms with E-state index < -0.39 is 5.92 Å². The third-order valence-electron chi connectivity index (χ3n) is 2.70. The Bertz CT molecular complexity index is 771. The SMILES string of the molecule is CC(=N)C(C#N)C(=O)CSc1nnc(Nc2cccc(Cl)c2)s1. The summed E-state index contributed by atoms with van der Waals surface area (Å²) in [7, 11) is 0. The highest BCUT2D eigenvalue weighted by Crippen LogP contribution is 2.28. The summed E-state index contributed by atoms with van der Waals surface area (Å²) in [6.07, 6.45) is 0. The summed E-state index contributed by atoms with van der Waals surface area (Å²) in [6.45, 7) is 1.45. The number of rotatable bonds is 7. The molecule has 0 aliphatic heterocycles. The molecule has 0 radical (unpaired) electrons. The van der Waals surface area contributed by atoms with Crippen molar-refractivity contribution in [1.29, 1.82) is 10.7 Å². The number of nitriles is 1. The van der Waals surface area contributed by atoms with Crippen LogP contribution in [0.1, 0.15) is 6.92 Å². The third-order valence-corrected chi connectivity index (χ3v) is 4.93. The fraction of sp³-hybridized carbons (Fsp3) is 0.214. The topological polar surface area (TPSA) is 103 Å². The average molecular weight is 366 g/mol. The minimum Gasteiger partial charge on any atom is -0.330 e. The second-order valence-corrected chi connectivity index (χ2v) is 7.15. The molecule has 118 valence electrons. The smallest absolute Gasteiger partial charge is 0.210 e. The number of halogens is 1. The van der Waals surface area contributed by atoms with E-state index in [1.807, 2.05) is 18.2 Å². The minimum atomic E-state index is -0.987. The van der Waals surface area contributed by atoms with E-state index in [9.17, 15) is 4.79 Å². The molecule has 2 aromatic rings. The van der Waals surface area contributed by atoms with Crippen LogP contribution in [0.3, 0.4) is 0 Å². The van der Waals surface area contributed by atoms with Gasteiger partial charge in [-0.2, -0.15) is 5.26 Å². The van der Waals surface area contributed by atoms with Gasteiger partial charge in [0.1, 0.15) is 5.92 Å². The quantitative estimate of drug-likeness (QED) is 0.571. The zero-order valence-corrected chi connectivity index (χ0v) is 14.4. The molecule has 0 aliphatic rings. The Kier molecular flexibility index (Phi) is 6.10. The Morgan fingerprint density at radius 1 is 1.57 bits per heavy atom. The fourth-order valence-corrected chi connectivity index (χ4v) is 3.50. The van der Waals surface area contributed by atoms with Crippen LogP contribution in [0.25, 0.3) is 0 Å². The van der Waals surface area contributed by atoms with Gasteiger partial charge in [-0.15, -0.1) is 10.2 Å². The number of nitrogens with zero attached hydrogens (tertiary/aromatic N) is 3. The predicted molar refractivity (Wildman–Crippen MR) is 92.9 cm³/mol. The zero-order chi connectivity index (χ0) is 16.8. The Morgan fingerprint density at radius 2 is 2.35 bits per heavy atom. The first-order chi connectivity index (χ1) is 11.0. The number of ketones is 1. The first kappa shape index (κ1) is 17.4. The number of carbonyl (C=O) groups is 1. The van der Waals surface area contributed by atoms with Gasteiger partial charge in [-0.05, 0) is 25.1 Å². The van der Waals surface area contributed by atoms with Crippen LogP contribution in [0, 0.1) is 22.7 Å². The van der Waals surface area contributed by atoms with Crippen LogP contribution >= 0.6 is 34.7 Å². The third kappa shape index (κ3) is 5.03. The van der Waals surface area contributed by atoms with Crippen molar-refractivity contribution in [2.75, 3.05) is 11.1 Å². The van der Waals surface area contributed by atoms with Gasteiger partial charge >= 0.3 is 0 Å². The molecule has 0 bridgehead atoms. The van der Waals surface area contributed by atoms with Crippen LogP contribution in [-0.4, -0.2) is 27.4 Å². The van der Waals surface area contributed by atoms with Gasteiger partial charge in [0.05, 0.1) is 11.8 Å². The van der Waals surface area contributed by atoms with Crippen molar-refractivity contribution in [3.8, 4) is 6.07 Å². The van der Waals surface area contributed by atoms with Crippen LogP contribution < -0.4 is 5.32 Å². The van der Waals surface area contributed by atoms with E-state index in [4.69, 9.17) is 22.3 Å². The van der Waals surface area contributed by atoms with Crippen molar-refractivity contribution in [2.45, 2.75) is 11.3 Å². The van der Waals surface area contributed by atoms with Gasteiger partial charge in [-0.3, -0.25) is 4.79 Å². The second-order valence-electron chi connectivity index (χ2n) is 4.51. The maximum atomic E-state index is 11.9. The molecule has 1 atom stereocenters. The van der Waals surface area contributed by atoms with Crippen molar-refractivity contribution < 1.29 is 4.79 Å². The number of thioether (sulfide) groups is 1. The number of Topliss-reactive ketones (excluding diaryl/α,β-unsaturated/α-hetero) is 1. The van der Waals surface area contributed by atoms with Gasteiger partial charge in [0.15, 0.2) is 10.1 Å². The number of hydrogen-bond acceptors (Lipinski definition) is 8. The van der Waals surface area contributed by atoms with Gasteiger partial charge in [0.2, 0.25) is 5.13 Å². The first-order valence-electron chi connectivity index (χ1n) is 6.46. The average Bonchev–Trinajstić information content (AvgIpc) is 2.93. The van der Waals surface area contributed by atoms with Crippen molar-refractivity contribution in [3.63, 3.8) is 0 Å². The predicted octanol–water partition coefficient (Wildman–Crippen LogP) is 3.78. The molecule has 1 aromatic heterocycles. The second kappa shape index (κ2) is 8.06. The summed E-state index contributed by atoms with van der Waals surface area (Å²) >= 11 is 8.42. The Hall–Kier alpha value is -1.95. The molecule has 0 saturated heterocycles. The van der Waals surface area contributed by atoms with E-state index in [1.54, 1.807) is 12.1 Å². The van der Waals surface area contributed by atoms with Crippen molar-refractivity contribution >= 4 is 57.0 Å². The van der Waals surface area contributed by atoms with Gasteiger partial charge < -0.3 is 10.7 Å². The van der Waals surface area contributed by atoms with Gasteiger partial charge in [-0.1, -0.05) is 40.8 Å². The molecular formula is C14H12ClN5OS2. The van der Waals surface area contributed by atoms with Crippen molar-refractivity contribution in [2.24, 2.45) is 5.92 Å². The lowest BCUT2D eigenvalue weighted by Crippen LogP contribution is -2.21. The van der Waals surface area contributed by atoms with Crippen molar-refractivity contribution in [3.05, 3.63) is 29.3 Å². The molecule has 0 fully saturated rings. The maximum Gasteiger partial charge on any atom is 0.210 e. The van der Waals surface area contributed by atoms with E-state index in [0.717, 1.165) is 5.69 Å². The Morgan fingerprint density at radius 3 is 3.00 bits per heavy atom. The summed E-state index contributed by atoms with van der Waals surface area (Å²) in [5.74, 6) is -1.20. The number of carbonyl (C=O) groups excluding carboxylic acids is 1. The van der Waals surface area contributed by atoms with E-state index in [1.165, 1.54) is 30.0 Å². The highest BCUT2D eigenvalue weighted by molar-refractivity contribution is 8.01. The maximum absolute atomic E-state index is 11.9.